The fraction of sp³-hybridized carbons (Fsp3) is 0.875. The van der Waals surface area contributed by atoms with Crippen LogP contribution in [-0.4, -0.2) is 25.1 Å². The average molecular weight is 211 g/mol. The molecule has 0 spiro atoms. The van der Waals surface area contributed by atoms with Gasteiger partial charge in [0.15, 0.2) is 6.29 Å². The molecule has 2 atom stereocenters. The predicted octanol–water partition coefficient (Wildman–Crippen LogP) is 2.50. The fourth-order valence-electron chi connectivity index (χ4n) is 0.798. The lowest BCUT2D eigenvalue weighted by Gasteiger charge is -2.20. The number of hydrogen-bond acceptors (Lipinski definition) is 4. The molecule has 0 aromatic heterocycles. The SMILES string of the molecule is CCC(OC)OC(CC)OC(=O)Cl. The number of carbonyl (C=O) groups is 1. The lowest BCUT2D eigenvalue weighted by atomic mass is 10.4. The molecule has 0 N–H and O–H groups in total. The Hall–Kier alpha value is -0.320. The molecular formula is C8H15ClO4. The quantitative estimate of drug-likeness (QED) is 0.499. The first-order chi connectivity index (χ1) is 6.13. The molecule has 0 aliphatic carbocycles. The van der Waals surface area contributed by atoms with Crippen molar-refractivity contribution < 1.29 is 19.0 Å². The van der Waals surface area contributed by atoms with Crippen LogP contribution in [0.15, 0.2) is 0 Å². The molecule has 0 saturated heterocycles. The van der Waals surface area contributed by atoms with Crippen LogP contribution in [0.4, 0.5) is 4.79 Å². The number of halogens is 1. The zero-order valence-corrected chi connectivity index (χ0v) is 8.84. The molecule has 2 unspecified atom stereocenters. The van der Waals surface area contributed by atoms with Gasteiger partial charge in [-0.2, -0.15) is 0 Å². The van der Waals surface area contributed by atoms with E-state index in [9.17, 15) is 4.79 Å². The summed E-state index contributed by atoms with van der Waals surface area (Å²) in [5.41, 5.74) is -0.863. The summed E-state index contributed by atoms with van der Waals surface area (Å²) in [5.74, 6) is 0. The second-order valence-electron chi connectivity index (χ2n) is 2.40. The van der Waals surface area contributed by atoms with Crippen LogP contribution in [0, 0.1) is 0 Å². The molecule has 0 radical (unpaired) electrons. The lowest BCUT2D eigenvalue weighted by molar-refractivity contribution is -0.216. The van der Waals surface area contributed by atoms with E-state index < -0.39 is 11.7 Å². The third-order valence-corrected chi connectivity index (χ3v) is 1.55. The summed E-state index contributed by atoms with van der Waals surface area (Å²) in [4.78, 5) is 10.4. The van der Waals surface area contributed by atoms with Crippen LogP contribution < -0.4 is 0 Å². The average Bonchev–Trinajstić information content (AvgIpc) is 2.11. The number of rotatable bonds is 6. The molecule has 0 heterocycles. The molecule has 78 valence electrons. The van der Waals surface area contributed by atoms with Gasteiger partial charge in [-0.05, 0) is 6.42 Å². The summed E-state index contributed by atoms with van der Waals surface area (Å²) >= 11 is 5.04. The molecule has 0 aliphatic rings. The van der Waals surface area contributed by atoms with Crippen molar-refractivity contribution in [3.63, 3.8) is 0 Å². The van der Waals surface area contributed by atoms with E-state index in [1.165, 1.54) is 7.11 Å². The predicted molar refractivity (Wildman–Crippen MR) is 48.6 cm³/mol. The molecule has 0 fully saturated rings. The van der Waals surface area contributed by atoms with Crippen molar-refractivity contribution in [1.29, 1.82) is 0 Å². The van der Waals surface area contributed by atoms with E-state index in [2.05, 4.69) is 4.74 Å². The molecule has 0 aromatic rings. The number of ether oxygens (including phenoxy) is 3. The van der Waals surface area contributed by atoms with E-state index >= 15 is 0 Å². The van der Waals surface area contributed by atoms with Crippen molar-refractivity contribution >= 4 is 17.0 Å². The Morgan fingerprint density at radius 1 is 1.31 bits per heavy atom. The van der Waals surface area contributed by atoms with Gasteiger partial charge in [0.05, 0.1) is 0 Å². The molecular weight excluding hydrogens is 196 g/mol. The molecule has 5 heteroatoms. The molecule has 0 aromatic carbocycles. The van der Waals surface area contributed by atoms with Crippen LogP contribution in [0.25, 0.3) is 0 Å². The highest BCUT2D eigenvalue weighted by Gasteiger charge is 2.15. The Bertz CT molecular complexity index is 147. The highest BCUT2D eigenvalue weighted by atomic mass is 35.5. The summed E-state index contributed by atoms with van der Waals surface area (Å²) in [7, 11) is 1.53. The highest BCUT2D eigenvalue weighted by Crippen LogP contribution is 2.09. The van der Waals surface area contributed by atoms with Gasteiger partial charge in [0.2, 0.25) is 6.29 Å². The summed E-state index contributed by atoms with van der Waals surface area (Å²) in [6.07, 6.45) is 0.237. The standard InChI is InChI=1S/C8H15ClO4/c1-4-6(11-3)12-7(5-2)13-8(9)10/h6-7H,4-5H2,1-3H3. The van der Waals surface area contributed by atoms with Crippen LogP contribution in [-0.2, 0) is 14.2 Å². The maximum absolute atomic E-state index is 10.4. The maximum atomic E-state index is 10.4. The largest absolute Gasteiger partial charge is 0.424 e. The van der Waals surface area contributed by atoms with Crippen molar-refractivity contribution in [2.75, 3.05) is 7.11 Å². The Labute approximate surface area is 83.1 Å². The Morgan fingerprint density at radius 2 is 1.85 bits per heavy atom. The van der Waals surface area contributed by atoms with E-state index in [1.54, 1.807) is 0 Å². The lowest BCUT2D eigenvalue weighted by Crippen LogP contribution is -2.25. The molecule has 0 amide bonds. The number of methoxy groups -OCH3 is 1. The van der Waals surface area contributed by atoms with Gasteiger partial charge in [-0.15, -0.1) is 0 Å². The van der Waals surface area contributed by atoms with Crippen molar-refractivity contribution in [1.82, 2.24) is 0 Å². The first kappa shape index (κ1) is 12.7. The Balaban J connectivity index is 3.87. The molecule has 0 bridgehead atoms. The van der Waals surface area contributed by atoms with Crippen LogP contribution >= 0.6 is 11.6 Å². The van der Waals surface area contributed by atoms with Crippen molar-refractivity contribution in [2.24, 2.45) is 0 Å². The van der Waals surface area contributed by atoms with Crippen LogP contribution in [0.3, 0.4) is 0 Å². The van der Waals surface area contributed by atoms with Gasteiger partial charge < -0.3 is 14.2 Å². The maximum Gasteiger partial charge on any atom is 0.406 e. The molecule has 0 aliphatic heterocycles. The van der Waals surface area contributed by atoms with Gasteiger partial charge in [0.1, 0.15) is 0 Å². The van der Waals surface area contributed by atoms with E-state index in [0.29, 0.717) is 12.8 Å². The molecule has 0 saturated carbocycles. The van der Waals surface area contributed by atoms with Gasteiger partial charge in [-0.1, -0.05) is 13.8 Å². The second-order valence-corrected chi connectivity index (χ2v) is 2.71. The van der Waals surface area contributed by atoms with E-state index in [4.69, 9.17) is 21.1 Å². The van der Waals surface area contributed by atoms with Crippen LogP contribution in [0.2, 0.25) is 0 Å². The zero-order valence-electron chi connectivity index (χ0n) is 8.08. The fourth-order valence-corrected chi connectivity index (χ4v) is 0.898. The third kappa shape index (κ3) is 5.85. The third-order valence-electron chi connectivity index (χ3n) is 1.46. The Morgan fingerprint density at radius 3 is 2.15 bits per heavy atom. The number of carbonyl (C=O) groups excluding carboxylic acids is 1. The smallest absolute Gasteiger partial charge is 0.406 e. The first-order valence-corrected chi connectivity index (χ1v) is 4.56. The molecule has 4 nitrogen and oxygen atoms in total. The summed E-state index contributed by atoms with van der Waals surface area (Å²) in [6.45, 7) is 3.73. The minimum absolute atomic E-state index is 0.360. The van der Waals surface area contributed by atoms with E-state index in [-0.39, 0.29) is 6.29 Å². The number of hydrogen-bond donors (Lipinski definition) is 0. The molecule has 0 rings (SSSR count). The highest BCUT2D eigenvalue weighted by molar-refractivity contribution is 6.61. The summed E-state index contributed by atoms with van der Waals surface area (Å²) in [5, 5.41) is 0. The van der Waals surface area contributed by atoms with Crippen molar-refractivity contribution in [3.8, 4) is 0 Å². The summed E-state index contributed by atoms with van der Waals surface area (Å²) in [6, 6.07) is 0. The van der Waals surface area contributed by atoms with Crippen LogP contribution in [0.5, 0.6) is 0 Å². The van der Waals surface area contributed by atoms with E-state index in [1.807, 2.05) is 13.8 Å². The van der Waals surface area contributed by atoms with E-state index in [0.717, 1.165) is 0 Å². The zero-order chi connectivity index (χ0) is 10.3. The topological polar surface area (TPSA) is 44.8 Å². The van der Waals surface area contributed by atoms with Crippen molar-refractivity contribution in [2.45, 2.75) is 39.3 Å². The van der Waals surface area contributed by atoms with Gasteiger partial charge >= 0.3 is 5.43 Å². The first-order valence-electron chi connectivity index (χ1n) is 4.18. The normalized spacial score (nSPS) is 15.1. The van der Waals surface area contributed by atoms with Gasteiger partial charge in [0, 0.05) is 25.1 Å². The van der Waals surface area contributed by atoms with Gasteiger partial charge in [0.25, 0.3) is 0 Å². The second kappa shape index (κ2) is 7.12. The minimum atomic E-state index is -0.863. The minimum Gasteiger partial charge on any atom is -0.424 e. The summed E-state index contributed by atoms with van der Waals surface area (Å²) < 4.78 is 14.9. The van der Waals surface area contributed by atoms with Gasteiger partial charge in [-0.25, -0.2) is 4.79 Å². The monoisotopic (exact) mass is 210 g/mol. The van der Waals surface area contributed by atoms with Crippen LogP contribution in [0.1, 0.15) is 26.7 Å². The molecule has 13 heavy (non-hydrogen) atoms. The Kier molecular flexibility index (Phi) is 6.94. The van der Waals surface area contributed by atoms with Gasteiger partial charge in [-0.3, -0.25) is 0 Å². The van der Waals surface area contributed by atoms with Crippen molar-refractivity contribution in [3.05, 3.63) is 0 Å².